The van der Waals surface area contributed by atoms with E-state index >= 15 is 0 Å². The molecule has 3 heteroatoms. The highest BCUT2D eigenvalue weighted by molar-refractivity contribution is 5.85. The van der Waals surface area contributed by atoms with Gasteiger partial charge in [-0.15, -0.1) is 0 Å². The van der Waals surface area contributed by atoms with Crippen LogP contribution in [0.5, 0.6) is 0 Å². The van der Waals surface area contributed by atoms with Gasteiger partial charge in [0, 0.05) is 13.1 Å². The first-order chi connectivity index (χ1) is 8.22. The molecule has 0 unspecified atom stereocenters. The SMILES string of the molecule is CCCN(CC1CC1)C(=O)C1(C#N)CCCC1. The molecule has 0 aromatic heterocycles. The summed E-state index contributed by atoms with van der Waals surface area (Å²) in [4.78, 5) is 14.5. The van der Waals surface area contributed by atoms with Gasteiger partial charge in [0.1, 0.15) is 5.41 Å². The van der Waals surface area contributed by atoms with Crippen molar-refractivity contribution in [3.05, 3.63) is 0 Å². The molecule has 0 bridgehead atoms. The topological polar surface area (TPSA) is 44.1 Å². The van der Waals surface area contributed by atoms with E-state index in [-0.39, 0.29) is 5.91 Å². The van der Waals surface area contributed by atoms with Gasteiger partial charge in [0.2, 0.25) is 5.91 Å². The largest absolute Gasteiger partial charge is 0.341 e. The second kappa shape index (κ2) is 5.08. The van der Waals surface area contributed by atoms with Crippen LogP contribution in [0.3, 0.4) is 0 Å². The highest BCUT2D eigenvalue weighted by Gasteiger charge is 2.44. The summed E-state index contributed by atoms with van der Waals surface area (Å²) in [5, 5.41) is 9.36. The first kappa shape index (κ1) is 12.4. The van der Waals surface area contributed by atoms with Gasteiger partial charge in [-0.05, 0) is 38.0 Å². The van der Waals surface area contributed by atoms with Crippen molar-refractivity contribution < 1.29 is 4.79 Å². The second-order valence-corrected chi connectivity index (χ2v) is 5.60. The summed E-state index contributed by atoms with van der Waals surface area (Å²) >= 11 is 0. The maximum Gasteiger partial charge on any atom is 0.243 e. The lowest BCUT2D eigenvalue weighted by atomic mass is 9.86. The highest BCUT2D eigenvalue weighted by atomic mass is 16.2. The molecule has 2 fully saturated rings. The molecule has 94 valence electrons. The molecule has 3 nitrogen and oxygen atoms in total. The molecule has 2 rings (SSSR count). The number of carbonyl (C=O) groups excluding carboxylic acids is 1. The highest BCUT2D eigenvalue weighted by Crippen LogP contribution is 2.40. The van der Waals surface area contributed by atoms with Gasteiger partial charge in [-0.25, -0.2) is 0 Å². The van der Waals surface area contributed by atoms with E-state index in [9.17, 15) is 10.1 Å². The first-order valence-electron chi connectivity index (χ1n) is 6.92. The van der Waals surface area contributed by atoms with Crippen molar-refractivity contribution in [2.24, 2.45) is 11.3 Å². The third kappa shape index (κ3) is 2.62. The van der Waals surface area contributed by atoms with Crippen LogP contribution in [-0.2, 0) is 4.79 Å². The maximum absolute atomic E-state index is 12.6. The zero-order valence-corrected chi connectivity index (χ0v) is 10.7. The van der Waals surface area contributed by atoms with Gasteiger partial charge in [0.15, 0.2) is 0 Å². The molecule has 17 heavy (non-hydrogen) atoms. The molecule has 2 aliphatic rings. The van der Waals surface area contributed by atoms with E-state index in [1.165, 1.54) is 12.8 Å². The smallest absolute Gasteiger partial charge is 0.243 e. The Balaban J connectivity index is 2.05. The van der Waals surface area contributed by atoms with Crippen LogP contribution in [-0.4, -0.2) is 23.9 Å². The predicted octanol–water partition coefficient (Wildman–Crippen LogP) is 2.72. The van der Waals surface area contributed by atoms with Crippen LogP contribution >= 0.6 is 0 Å². The van der Waals surface area contributed by atoms with E-state index in [4.69, 9.17) is 0 Å². The van der Waals surface area contributed by atoms with Crippen LogP contribution in [0.2, 0.25) is 0 Å². The Morgan fingerprint density at radius 2 is 2.06 bits per heavy atom. The fourth-order valence-electron chi connectivity index (χ4n) is 2.81. The van der Waals surface area contributed by atoms with E-state index < -0.39 is 5.41 Å². The summed E-state index contributed by atoms with van der Waals surface area (Å²) in [5.41, 5.74) is -0.677. The zero-order valence-electron chi connectivity index (χ0n) is 10.7. The first-order valence-corrected chi connectivity index (χ1v) is 6.92. The number of nitriles is 1. The van der Waals surface area contributed by atoms with Crippen molar-refractivity contribution in [2.45, 2.75) is 51.9 Å². The number of carbonyl (C=O) groups is 1. The molecule has 0 aromatic carbocycles. The molecule has 0 atom stereocenters. The Morgan fingerprint density at radius 1 is 1.41 bits per heavy atom. The third-order valence-corrected chi connectivity index (χ3v) is 4.04. The van der Waals surface area contributed by atoms with Crippen molar-refractivity contribution in [2.75, 3.05) is 13.1 Å². The number of amides is 1. The van der Waals surface area contributed by atoms with Crippen LogP contribution in [0.15, 0.2) is 0 Å². The Morgan fingerprint density at radius 3 is 2.53 bits per heavy atom. The minimum Gasteiger partial charge on any atom is -0.341 e. The standard InChI is InChI=1S/C14H22N2O/c1-2-9-16(10-12-5-6-12)13(17)14(11-15)7-3-4-8-14/h12H,2-10H2,1H3. The molecule has 2 saturated carbocycles. The molecule has 0 aliphatic heterocycles. The Kier molecular flexibility index (Phi) is 3.71. The molecule has 0 heterocycles. The van der Waals surface area contributed by atoms with Crippen LogP contribution in [0.1, 0.15) is 51.9 Å². The molecule has 0 radical (unpaired) electrons. The summed E-state index contributed by atoms with van der Waals surface area (Å²) in [6.45, 7) is 3.80. The minimum absolute atomic E-state index is 0.117. The van der Waals surface area contributed by atoms with Crippen molar-refractivity contribution in [3.63, 3.8) is 0 Å². The molecule has 0 N–H and O–H groups in total. The quantitative estimate of drug-likeness (QED) is 0.734. The average molecular weight is 234 g/mol. The summed E-state index contributed by atoms with van der Waals surface area (Å²) in [6, 6.07) is 2.32. The monoisotopic (exact) mass is 234 g/mol. The molecular formula is C14H22N2O. The predicted molar refractivity (Wildman–Crippen MR) is 66.1 cm³/mol. The van der Waals surface area contributed by atoms with Crippen LogP contribution in [0, 0.1) is 22.7 Å². The lowest BCUT2D eigenvalue weighted by Crippen LogP contribution is -2.43. The molecule has 0 spiro atoms. The van der Waals surface area contributed by atoms with E-state index in [1.807, 2.05) is 4.90 Å². The number of hydrogen-bond acceptors (Lipinski definition) is 2. The van der Waals surface area contributed by atoms with Crippen molar-refractivity contribution >= 4 is 5.91 Å². The number of rotatable bonds is 5. The fraction of sp³-hybridized carbons (Fsp3) is 0.857. The van der Waals surface area contributed by atoms with Crippen molar-refractivity contribution in [1.82, 2.24) is 4.90 Å². The van der Waals surface area contributed by atoms with Crippen LogP contribution < -0.4 is 0 Å². The lowest BCUT2D eigenvalue weighted by Gasteiger charge is -2.29. The fourth-order valence-corrected chi connectivity index (χ4v) is 2.81. The summed E-state index contributed by atoms with van der Waals surface area (Å²) in [5.74, 6) is 0.828. The Labute approximate surface area is 104 Å². The van der Waals surface area contributed by atoms with E-state index in [2.05, 4.69) is 13.0 Å². The minimum atomic E-state index is -0.677. The van der Waals surface area contributed by atoms with Gasteiger partial charge in [-0.1, -0.05) is 19.8 Å². The van der Waals surface area contributed by atoms with Gasteiger partial charge in [0.05, 0.1) is 6.07 Å². The van der Waals surface area contributed by atoms with Crippen LogP contribution in [0.25, 0.3) is 0 Å². The molecule has 0 aromatic rings. The van der Waals surface area contributed by atoms with E-state index in [0.717, 1.165) is 45.2 Å². The normalized spacial score (nSPS) is 22.1. The number of hydrogen-bond donors (Lipinski definition) is 0. The van der Waals surface area contributed by atoms with Crippen molar-refractivity contribution in [3.8, 4) is 6.07 Å². The van der Waals surface area contributed by atoms with Crippen LogP contribution in [0.4, 0.5) is 0 Å². The Bertz CT molecular complexity index is 322. The van der Waals surface area contributed by atoms with Crippen molar-refractivity contribution in [1.29, 1.82) is 5.26 Å². The van der Waals surface area contributed by atoms with E-state index in [1.54, 1.807) is 0 Å². The number of nitrogens with zero attached hydrogens (tertiary/aromatic N) is 2. The maximum atomic E-state index is 12.6. The summed E-state index contributed by atoms with van der Waals surface area (Å²) in [7, 11) is 0. The second-order valence-electron chi connectivity index (χ2n) is 5.60. The van der Waals surface area contributed by atoms with Gasteiger partial charge in [-0.3, -0.25) is 4.79 Å². The lowest BCUT2D eigenvalue weighted by molar-refractivity contribution is -0.139. The molecule has 0 saturated heterocycles. The molecule has 2 aliphatic carbocycles. The van der Waals surface area contributed by atoms with Gasteiger partial charge < -0.3 is 4.90 Å². The van der Waals surface area contributed by atoms with Gasteiger partial charge >= 0.3 is 0 Å². The van der Waals surface area contributed by atoms with Gasteiger partial charge in [0.25, 0.3) is 0 Å². The average Bonchev–Trinajstić information content (AvgIpc) is 3.02. The zero-order chi connectivity index (χ0) is 12.3. The summed E-state index contributed by atoms with van der Waals surface area (Å²) in [6.07, 6.45) is 7.10. The van der Waals surface area contributed by atoms with E-state index in [0.29, 0.717) is 5.92 Å². The summed E-state index contributed by atoms with van der Waals surface area (Å²) < 4.78 is 0. The van der Waals surface area contributed by atoms with Gasteiger partial charge in [-0.2, -0.15) is 5.26 Å². The molecular weight excluding hydrogens is 212 g/mol. The third-order valence-electron chi connectivity index (χ3n) is 4.04. The molecule has 1 amide bonds. The Hall–Kier alpha value is -1.04.